The van der Waals surface area contributed by atoms with E-state index in [1.54, 1.807) is 30.5 Å². The third kappa shape index (κ3) is 5.33. The predicted molar refractivity (Wildman–Crippen MR) is 113 cm³/mol. The highest BCUT2D eigenvalue weighted by Crippen LogP contribution is 2.26. The van der Waals surface area contributed by atoms with Gasteiger partial charge in [-0.2, -0.15) is 0 Å². The fraction of sp³-hybridized carbons (Fsp3) is 0.227. The zero-order chi connectivity index (χ0) is 19.8. The zero-order valence-corrected chi connectivity index (χ0v) is 16.5. The molecule has 1 heterocycles. The van der Waals surface area contributed by atoms with Crippen molar-refractivity contribution in [2.24, 2.45) is 0 Å². The fourth-order valence-electron chi connectivity index (χ4n) is 2.62. The van der Waals surface area contributed by atoms with Crippen LogP contribution in [0.3, 0.4) is 0 Å². The summed E-state index contributed by atoms with van der Waals surface area (Å²) in [5, 5.41) is 3.90. The van der Waals surface area contributed by atoms with Crippen molar-refractivity contribution in [2.75, 3.05) is 17.7 Å². The molecular weight excluding hydrogens is 372 g/mol. The number of hydrogen-bond acceptors (Lipinski definition) is 5. The van der Waals surface area contributed by atoms with Crippen molar-refractivity contribution in [2.45, 2.75) is 24.7 Å². The number of nitrogens with one attached hydrogen (secondary N) is 1. The molecule has 5 nitrogen and oxygen atoms in total. The molecule has 2 aromatic carbocycles. The van der Waals surface area contributed by atoms with Crippen LogP contribution in [0.25, 0.3) is 10.9 Å². The van der Waals surface area contributed by atoms with Gasteiger partial charge in [0.1, 0.15) is 0 Å². The van der Waals surface area contributed by atoms with Gasteiger partial charge < -0.3 is 10.1 Å². The highest BCUT2D eigenvalue weighted by Gasteiger charge is 2.09. The first-order valence-electron chi connectivity index (χ1n) is 9.21. The minimum atomic E-state index is -0.342. The van der Waals surface area contributed by atoms with E-state index in [1.807, 2.05) is 37.3 Å². The first kappa shape index (κ1) is 19.9. The summed E-state index contributed by atoms with van der Waals surface area (Å²) in [6, 6.07) is 16.6. The Hall–Kier alpha value is -2.86. The molecule has 0 unspecified atom stereocenters. The van der Waals surface area contributed by atoms with E-state index >= 15 is 0 Å². The molecule has 1 aromatic heterocycles. The number of rotatable bonds is 8. The van der Waals surface area contributed by atoms with Crippen LogP contribution in [0, 0.1) is 0 Å². The van der Waals surface area contributed by atoms with E-state index in [9.17, 15) is 9.59 Å². The molecule has 0 aliphatic carbocycles. The van der Waals surface area contributed by atoms with Crippen molar-refractivity contribution >= 4 is 40.2 Å². The molecule has 3 aromatic rings. The van der Waals surface area contributed by atoms with Crippen molar-refractivity contribution in [3.05, 3.63) is 66.4 Å². The maximum absolute atomic E-state index is 12.3. The first-order valence-corrected chi connectivity index (χ1v) is 10.2. The van der Waals surface area contributed by atoms with Gasteiger partial charge in [0.25, 0.3) is 0 Å². The number of aromatic nitrogens is 1. The van der Waals surface area contributed by atoms with Crippen LogP contribution in [0.15, 0.2) is 65.7 Å². The summed E-state index contributed by atoms with van der Waals surface area (Å²) in [5.41, 5.74) is 2.02. The van der Waals surface area contributed by atoms with Crippen LogP contribution < -0.4 is 5.32 Å². The van der Waals surface area contributed by atoms with Crippen LogP contribution in [0.5, 0.6) is 0 Å². The van der Waals surface area contributed by atoms with Crippen molar-refractivity contribution in [1.29, 1.82) is 0 Å². The first-order chi connectivity index (χ1) is 13.7. The molecule has 28 heavy (non-hydrogen) atoms. The van der Waals surface area contributed by atoms with Crippen LogP contribution >= 0.6 is 11.8 Å². The number of fused-ring (bicyclic) bond motifs is 1. The predicted octanol–water partition coefficient (Wildman–Crippen LogP) is 4.92. The van der Waals surface area contributed by atoms with Gasteiger partial charge in [-0.25, -0.2) is 4.79 Å². The smallest absolute Gasteiger partial charge is 0.338 e. The standard InChI is InChI=1S/C22H22N2O3S/c1-2-3-14-27-22(26)17-9-11-18(12-10-17)24-20(25)15-28-19-8-4-6-16-7-5-13-23-21(16)19/h4-13H,2-3,14-15H2,1H3,(H,24,25). The molecule has 6 heteroatoms. The van der Waals surface area contributed by atoms with Crippen LogP contribution in [-0.2, 0) is 9.53 Å². The summed E-state index contributed by atoms with van der Waals surface area (Å²) in [6.07, 6.45) is 3.58. The largest absolute Gasteiger partial charge is 0.462 e. The number of carbonyl (C=O) groups is 2. The second-order valence-corrected chi connectivity index (χ2v) is 7.25. The molecule has 0 aliphatic rings. The number of esters is 1. The summed E-state index contributed by atoms with van der Waals surface area (Å²) < 4.78 is 5.18. The van der Waals surface area contributed by atoms with Crippen LogP contribution in [-0.4, -0.2) is 29.2 Å². The summed E-state index contributed by atoms with van der Waals surface area (Å²) in [5.74, 6) is -0.183. The Morgan fingerprint density at radius 2 is 1.86 bits per heavy atom. The summed E-state index contributed by atoms with van der Waals surface area (Å²) in [7, 11) is 0. The minimum Gasteiger partial charge on any atom is -0.462 e. The second-order valence-electron chi connectivity index (χ2n) is 6.23. The van der Waals surface area contributed by atoms with Gasteiger partial charge in [-0.1, -0.05) is 31.5 Å². The van der Waals surface area contributed by atoms with Gasteiger partial charge in [0.15, 0.2) is 0 Å². The fourth-order valence-corrected chi connectivity index (χ4v) is 3.46. The van der Waals surface area contributed by atoms with E-state index in [-0.39, 0.29) is 17.6 Å². The van der Waals surface area contributed by atoms with Gasteiger partial charge >= 0.3 is 5.97 Å². The van der Waals surface area contributed by atoms with Crippen molar-refractivity contribution in [3.8, 4) is 0 Å². The lowest BCUT2D eigenvalue weighted by Gasteiger charge is -2.08. The number of anilines is 1. The Labute approximate surface area is 168 Å². The SMILES string of the molecule is CCCCOC(=O)c1ccc(NC(=O)CSc2cccc3cccnc23)cc1. The number of hydrogen-bond donors (Lipinski definition) is 1. The van der Waals surface area contributed by atoms with Gasteiger partial charge in [0.2, 0.25) is 5.91 Å². The summed E-state index contributed by atoms with van der Waals surface area (Å²) >= 11 is 1.45. The highest BCUT2D eigenvalue weighted by molar-refractivity contribution is 8.00. The molecule has 0 fully saturated rings. The molecule has 0 aliphatic heterocycles. The van der Waals surface area contributed by atoms with Crippen molar-refractivity contribution in [3.63, 3.8) is 0 Å². The average molecular weight is 394 g/mol. The molecule has 0 spiro atoms. The van der Waals surface area contributed by atoms with Crippen molar-refractivity contribution in [1.82, 2.24) is 4.98 Å². The number of ether oxygens (including phenoxy) is 1. The Balaban J connectivity index is 1.54. The second kappa shape index (κ2) is 9.90. The van der Waals surface area contributed by atoms with Crippen molar-refractivity contribution < 1.29 is 14.3 Å². The Bertz CT molecular complexity index is 952. The summed E-state index contributed by atoms with van der Waals surface area (Å²) in [4.78, 5) is 29.5. The number of nitrogens with zero attached hydrogens (tertiary/aromatic N) is 1. The number of unbranched alkanes of at least 4 members (excludes halogenated alkanes) is 1. The number of carbonyl (C=O) groups excluding carboxylic acids is 2. The molecule has 1 amide bonds. The van der Waals surface area contributed by atoms with Gasteiger partial charge in [-0.05, 0) is 42.8 Å². The molecule has 0 atom stereocenters. The van der Waals surface area contributed by atoms with E-state index in [0.717, 1.165) is 28.6 Å². The number of thioether (sulfide) groups is 1. The molecule has 0 saturated carbocycles. The van der Waals surface area contributed by atoms with Crippen LogP contribution in [0.2, 0.25) is 0 Å². The van der Waals surface area contributed by atoms with E-state index < -0.39 is 0 Å². The third-order valence-corrected chi connectivity index (χ3v) is 5.14. The van der Waals surface area contributed by atoms with E-state index in [1.165, 1.54) is 11.8 Å². The van der Waals surface area contributed by atoms with Gasteiger partial charge in [0, 0.05) is 22.2 Å². The lowest BCUT2D eigenvalue weighted by molar-refractivity contribution is -0.113. The number of para-hydroxylation sites is 1. The Morgan fingerprint density at radius 1 is 1.07 bits per heavy atom. The van der Waals surface area contributed by atoms with E-state index in [2.05, 4.69) is 10.3 Å². The minimum absolute atomic E-state index is 0.115. The monoisotopic (exact) mass is 394 g/mol. The van der Waals surface area contributed by atoms with Gasteiger partial charge in [-0.3, -0.25) is 9.78 Å². The average Bonchev–Trinajstić information content (AvgIpc) is 2.73. The Kier molecular flexibility index (Phi) is 7.03. The lowest BCUT2D eigenvalue weighted by atomic mass is 10.2. The van der Waals surface area contributed by atoms with E-state index in [0.29, 0.717) is 17.9 Å². The molecule has 3 rings (SSSR count). The molecule has 0 radical (unpaired) electrons. The third-order valence-electron chi connectivity index (χ3n) is 4.09. The highest BCUT2D eigenvalue weighted by atomic mass is 32.2. The van der Waals surface area contributed by atoms with Gasteiger partial charge in [0.05, 0.1) is 23.4 Å². The molecule has 144 valence electrons. The number of amides is 1. The number of pyridine rings is 1. The zero-order valence-electron chi connectivity index (χ0n) is 15.7. The lowest BCUT2D eigenvalue weighted by Crippen LogP contribution is -2.14. The maximum atomic E-state index is 12.3. The topological polar surface area (TPSA) is 68.3 Å². The normalized spacial score (nSPS) is 10.6. The molecule has 0 bridgehead atoms. The number of benzene rings is 2. The van der Waals surface area contributed by atoms with Crippen LogP contribution in [0.4, 0.5) is 5.69 Å². The quantitative estimate of drug-likeness (QED) is 0.334. The summed E-state index contributed by atoms with van der Waals surface area (Å²) in [6.45, 7) is 2.47. The molecule has 1 N–H and O–H groups in total. The van der Waals surface area contributed by atoms with E-state index in [4.69, 9.17) is 4.74 Å². The maximum Gasteiger partial charge on any atom is 0.338 e. The van der Waals surface area contributed by atoms with Gasteiger partial charge in [-0.15, -0.1) is 11.8 Å². The molecular formula is C22H22N2O3S. The Morgan fingerprint density at radius 3 is 2.64 bits per heavy atom. The van der Waals surface area contributed by atoms with Crippen LogP contribution in [0.1, 0.15) is 30.1 Å². The molecule has 0 saturated heterocycles.